The Labute approximate surface area is 148 Å². The first-order valence-corrected chi connectivity index (χ1v) is 7.62. The number of nitrogens with one attached hydrogen (secondary N) is 2. The lowest BCUT2D eigenvalue weighted by molar-refractivity contribution is -0.116. The second-order valence-electron chi connectivity index (χ2n) is 5.25. The molecule has 0 aliphatic rings. The summed E-state index contributed by atoms with van der Waals surface area (Å²) in [7, 11) is 1.27. The van der Waals surface area contributed by atoms with Gasteiger partial charge in [-0.3, -0.25) is 9.59 Å². The van der Waals surface area contributed by atoms with Crippen molar-refractivity contribution in [1.29, 1.82) is 0 Å². The maximum absolute atomic E-state index is 13.5. The van der Waals surface area contributed by atoms with Crippen LogP contribution >= 0.6 is 0 Å². The van der Waals surface area contributed by atoms with Gasteiger partial charge in [0, 0.05) is 24.7 Å². The number of hydrogen-bond donors (Lipinski definition) is 2. The fraction of sp³-hybridized carbons (Fsp3) is 0.167. The average molecular weight is 362 g/mol. The molecule has 0 atom stereocenters. The highest BCUT2D eigenvalue weighted by atomic mass is 19.1. The number of hydrogen-bond acceptors (Lipinski definition) is 4. The highest BCUT2D eigenvalue weighted by Gasteiger charge is 2.13. The molecule has 0 heterocycles. The van der Waals surface area contributed by atoms with Gasteiger partial charge in [-0.2, -0.15) is 0 Å². The van der Waals surface area contributed by atoms with Crippen molar-refractivity contribution >= 4 is 23.5 Å². The van der Waals surface area contributed by atoms with Crippen LogP contribution in [0.1, 0.15) is 27.1 Å². The van der Waals surface area contributed by atoms with Crippen LogP contribution in [0.3, 0.4) is 0 Å². The molecule has 136 valence electrons. The van der Waals surface area contributed by atoms with E-state index in [1.807, 2.05) is 0 Å². The summed E-state index contributed by atoms with van der Waals surface area (Å²) < 4.78 is 30.9. The summed E-state index contributed by atoms with van der Waals surface area (Å²) in [6, 6.07) is 8.69. The van der Waals surface area contributed by atoms with Crippen molar-refractivity contribution in [3.8, 4) is 0 Å². The van der Waals surface area contributed by atoms with Crippen LogP contribution in [0, 0.1) is 11.6 Å². The highest BCUT2D eigenvalue weighted by molar-refractivity contribution is 5.95. The van der Waals surface area contributed by atoms with Crippen molar-refractivity contribution in [3.05, 3.63) is 65.2 Å². The first kappa shape index (κ1) is 19.0. The molecule has 2 aromatic carbocycles. The Balaban J connectivity index is 1.81. The minimum absolute atomic E-state index is 0.0261. The quantitative estimate of drug-likeness (QED) is 0.774. The average Bonchev–Trinajstić information content (AvgIpc) is 2.61. The van der Waals surface area contributed by atoms with Crippen LogP contribution in [0.5, 0.6) is 0 Å². The van der Waals surface area contributed by atoms with Crippen LogP contribution in [0.2, 0.25) is 0 Å². The van der Waals surface area contributed by atoms with E-state index in [1.54, 1.807) is 0 Å². The van der Waals surface area contributed by atoms with E-state index in [4.69, 9.17) is 0 Å². The highest BCUT2D eigenvalue weighted by Crippen LogP contribution is 2.11. The van der Waals surface area contributed by atoms with Crippen molar-refractivity contribution in [1.82, 2.24) is 5.32 Å². The zero-order chi connectivity index (χ0) is 19.1. The number of carbonyl (C=O) groups is 3. The summed E-state index contributed by atoms with van der Waals surface area (Å²) in [4.78, 5) is 35.0. The Bertz CT molecular complexity index is 822. The zero-order valence-electron chi connectivity index (χ0n) is 13.8. The molecule has 2 aromatic rings. The Hall–Kier alpha value is -3.29. The van der Waals surface area contributed by atoms with E-state index >= 15 is 0 Å². The molecule has 0 unspecified atom stereocenters. The van der Waals surface area contributed by atoms with Crippen LogP contribution in [0.25, 0.3) is 0 Å². The Morgan fingerprint density at radius 1 is 1.04 bits per heavy atom. The van der Waals surface area contributed by atoms with Gasteiger partial charge in [-0.05, 0) is 36.4 Å². The molecule has 0 bridgehead atoms. The zero-order valence-corrected chi connectivity index (χ0v) is 13.8. The molecule has 2 N–H and O–H groups in total. The summed E-state index contributed by atoms with van der Waals surface area (Å²) in [6.45, 7) is -0.0261. The minimum atomic E-state index is -0.974. The normalized spacial score (nSPS) is 10.1. The molecule has 0 fully saturated rings. The fourth-order valence-electron chi connectivity index (χ4n) is 2.09. The van der Waals surface area contributed by atoms with Gasteiger partial charge in [-0.25, -0.2) is 13.6 Å². The predicted octanol–water partition coefficient (Wildman–Crippen LogP) is 2.51. The third-order valence-corrected chi connectivity index (χ3v) is 3.40. The molecule has 0 spiro atoms. The number of methoxy groups -OCH3 is 1. The van der Waals surface area contributed by atoms with Crippen LogP contribution in [0.15, 0.2) is 42.5 Å². The van der Waals surface area contributed by atoms with Gasteiger partial charge in [0.25, 0.3) is 5.91 Å². The molecule has 2 amide bonds. The second-order valence-corrected chi connectivity index (χ2v) is 5.25. The van der Waals surface area contributed by atoms with Crippen LogP contribution in [-0.2, 0) is 9.53 Å². The number of rotatable bonds is 6. The van der Waals surface area contributed by atoms with Crippen molar-refractivity contribution in [2.24, 2.45) is 0 Å². The molecular formula is C18H16F2N2O4. The SMILES string of the molecule is COC(=O)c1ccc(NC(=O)CCNC(=O)c2ccc(F)cc2F)cc1. The molecule has 0 aliphatic heterocycles. The molecular weight excluding hydrogens is 346 g/mol. The first-order chi connectivity index (χ1) is 12.4. The number of esters is 1. The molecule has 0 aromatic heterocycles. The lowest BCUT2D eigenvalue weighted by Gasteiger charge is -2.08. The maximum atomic E-state index is 13.5. The lowest BCUT2D eigenvalue weighted by atomic mass is 10.2. The van der Waals surface area contributed by atoms with Crippen molar-refractivity contribution in [2.45, 2.75) is 6.42 Å². The van der Waals surface area contributed by atoms with Gasteiger partial charge in [-0.1, -0.05) is 0 Å². The Morgan fingerprint density at radius 2 is 1.73 bits per heavy atom. The van der Waals surface area contributed by atoms with Crippen molar-refractivity contribution in [3.63, 3.8) is 0 Å². The fourth-order valence-corrected chi connectivity index (χ4v) is 2.09. The minimum Gasteiger partial charge on any atom is -0.465 e. The van der Waals surface area contributed by atoms with E-state index in [-0.39, 0.29) is 24.4 Å². The first-order valence-electron chi connectivity index (χ1n) is 7.62. The molecule has 6 nitrogen and oxygen atoms in total. The third-order valence-electron chi connectivity index (χ3n) is 3.40. The van der Waals surface area contributed by atoms with Gasteiger partial charge in [0.15, 0.2) is 0 Å². The molecule has 26 heavy (non-hydrogen) atoms. The molecule has 2 rings (SSSR count). The summed E-state index contributed by atoms with van der Waals surface area (Å²) in [5, 5.41) is 4.98. The van der Waals surface area contributed by atoms with Gasteiger partial charge < -0.3 is 15.4 Å². The van der Waals surface area contributed by atoms with Crippen molar-refractivity contribution in [2.75, 3.05) is 19.0 Å². The second kappa shape index (κ2) is 8.70. The largest absolute Gasteiger partial charge is 0.465 e. The van der Waals surface area contributed by atoms with Gasteiger partial charge in [0.05, 0.1) is 18.2 Å². The standard InChI is InChI=1S/C18H16F2N2O4/c1-26-18(25)11-2-5-13(6-3-11)22-16(23)8-9-21-17(24)14-7-4-12(19)10-15(14)20/h2-7,10H,8-9H2,1H3,(H,21,24)(H,22,23). The smallest absolute Gasteiger partial charge is 0.337 e. The number of benzene rings is 2. The summed E-state index contributed by atoms with van der Waals surface area (Å²) in [6.07, 6.45) is -0.0483. The van der Waals surface area contributed by atoms with E-state index in [1.165, 1.54) is 31.4 Å². The monoisotopic (exact) mass is 362 g/mol. The molecule has 8 heteroatoms. The third kappa shape index (κ3) is 5.10. The lowest BCUT2D eigenvalue weighted by Crippen LogP contribution is -2.28. The Morgan fingerprint density at radius 3 is 2.35 bits per heavy atom. The molecule has 0 radical (unpaired) electrons. The van der Waals surface area contributed by atoms with Gasteiger partial charge in [0.1, 0.15) is 11.6 Å². The maximum Gasteiger partial charge on any atom is 0.337 e. The van der Waals surface area contributed by atoms with E-state index in [9.17, 15) is 23.2 Å². The molecule has 0 saturated heterocycles. The number of carbonyl (C=O) groups excluding carboxylic acids is 3. The number of amides is 2. The topological polar surface area (TPSA) is 84.5 Å². The van der Waals surface area contributed by atoms with Crippen LogP contribution in [0.4, 0.5) is 14.5 Å². The summed E-state index contributed by atoms with van der Waals surface area (Å²) >= 11 is 0. The van der Waals surface area contributed by atoms with Gasteiger partial charge in [-0.15, -0.1) is 0 Å². The van der Waals surface area contributed by atoms with Crippen molar-refractivity contribution < 1.29 is 27.9 Å². The number of halogens is 2. The Kier molecular flexibility index (Phi) is 6.37. The van der Waals surface area contributed by atoms with Crippen LogP contribution in [-0.4, -0.2) is 31.4 Å². The number of ether oxygens (including phenoxy) is 1. The van der Waals surface area contributed by atoms with E-state index in [2.05, 4.69) is 15.4 Å². The van der Waals surface area contributed by atoms with Gasteiger partial charge >= 0.3 is 5.97 Å². The molecule has 0 saturated carbocycles. The van der Waals surface area contributed by atoms with E-state index in [0.717, 1.165) is 12.1 Å². The molecule has 0 aliphatic carbocycles. The van der Waals surface area contributed by atoms with E-state index in [0.29, 0.717) is 17.3 Å². The van der Waals surface area contributed by atoms with Crippen LogP contribution < -0.4 is 10.6 Å². The van der Waals surface area contributed by atoms with E-state index < -0.39 is 23.5 Å². The summed E-state index contributed by atoms with van der Waals surface area (Å²) in [5.41, 5.74) is 0.517. The predicted molar refractivity (Wildman–Crippen MR) is 89.7 cm³/mol. The summed E-state index contributed by atoms with van der Waals surface area (Å²) in [5.74, 6) is -3.36. The number of anilines is 1. The van der Waals surface area contributed by atoms with Gasteiger partial charge in [0.2, 0.25) is 5.91 Å².